The molecule has 1 aliphatic rings. The molecule has 0 bridgehead atoms. The summed E-state index contributed by atoms with van der Waals surface area (Å²) < 4.78 is 11.6. The predicted molar refractivity (Wildman–Crippen MR) is 97.4 cm³/mol. The lowest BCUT2D eigenvalue weighted by atomic mass is 10.1. The highest BCUT2D eigenvalue weighted by molar-refractivity contribution is 5.76. The van der Waals surface area contributed by atoms with Crippen LogP contribution >= 0.6 is 0 Å². The zero-order chi connectivity index (χ0) is 17.3. The Bertz CT molecular complexity index is 637. The molecule has 3 rings (SSSR count). The number of hydrogen-bond acceptors (Lipinski definition) is 3. The standard InChI is InChI=1S/C21H25NO3/c23-21(13-16-24-19-9-5-2-6-10-19)22-14-11-20(12-15-22)25-17-18-7-3-1-4-8-18/h1-10,20H,11-17H2. The predicted octanol–water partition coefficient (Wildman–Crippen LogP) is 3.66. The van der Waals surface area contributed by atoms with Crippen molar-refractivity contribution in [1.29, 1.82) is 0 Å². The molecule has 2 aromatic carbocycles. The molecular weight excluding hydrogens is 314 g/mol. The molecule has 1 saturated heterocycles. The highest BCUT2D eigenvalue weighted by Gasteiger charge is 2.23. The summed E-state index contributed by atoms with van der Waals surface area (Å²) >= 11 is 0. The Hall–Kier alpha value is -2.33. The van der Waals surface area contributed by atoms with Gasteiger partial charge in [0.1, 0.15) is 5.75 Å². The minimum Gasteiger partial charge on any atom is -0.493 e. The third kappa shape index (κ3) is 5.61. The molecule has 4 nitrogen and oxygen atoms in total. The molecule has 0 aromatic heterocycles. The first-order chi connectivity index (χ1) is 12.3. The summed E-state index contributed by atoms with van der Waals surface area (Å²) in [6.07, 6.45) is 2.46. The van der Waals surface area contributed by atoms with Gasteiger partial charge < -0.3 is 14.4 Å². The number of benzene rings is 2. The Morgan fingerprint density at radius 1 is 0.960 bits per heavy atom. The largest absolute Gasteiger partial charge is 0.493 e. The Kier molecular flexibility index (Phi) is 6.46. The Morgan fingerprint density at radius 2 is 1.60 bits per heavy atom. The number of piperidine rings is 1. The minimum absolute atomic E-state index is 0.164. The van der Waals surface area contributed by atoms with Gasteiger partial charge in [0, 0.05) is 13.1 Å². The highest BCUT2D eigenvalue weighted by Crippen LogP contribution is 2.17. The van der Waals surface area contributed by atoms with Crippen LogP contribution in [0.2, 0.25) is 0 Å². The first-order valence-electron chi connectivity index (χ1n) is 8.92. The topological polar surface area (TPSA) is 38.8 Å². The minimum atomic E-state index is 0.164. The van der Waals surface area contributed by atoms with Gasteiger partial charge >= 0.3 is 0 Å². The van der Waals surface area contributed by atoms with Crippen LogP contribution in [0, 0.1) is 0 Å². The maximum absolute atomic E-state index is 12.3. The van der Waals surface area contributed by atoms with Crippen molar-refractivity contribution in [3.8, 4) is 5.75 Å². The molecule has 0 saturated carbocycles. The second-order valence-electron chi connectivity index (χ2n) is 6.29. The van der Waals surface area contributed by atoms with Gasteiger partial charge in [0.15, 0.2) is 0 Å². The highest BCUT2D eigenvalue weighted by atomic mass is 16.5. The van der Waals surface area contributed by atoms with Gasteiger partial charge in [-0.05, 0) is 30.5 Å². The summed E-state index contributed by atoms with van der Waals surface area (Å²) in [5, 5.41) is 0. The van der Waals surface area contributed by atoms with Gasteiger partial charge in [0.2, 0.25) is 5.91 Å². The van der Waals surface area contributed by atoms with Gasteiger partial charge in [-0.3, -0.25) is 4.79 Å². The molecule has 1 aliphatic heterocycles. The molecule has 0 radical (unpaired) electrons. The average molecular weight is 339 g/mol. The van der Waals surface area contributed by atoms with Gasteiger partial charge in [-0.2, -0.15) is 0 Å². The third-order valence-corrected chi connectivity index (χ3v) is 4.45. The molecule has 1 heterocycles. The maximum atomic E-state index is 12.3. The second kappa shape index (κ2) is 9.23. The van der Waals surface area contributed by atoms with Crippen LogP contribution in [0.3, 0.4) is 0 Å². The van der Waals surface area contributed by atoms with Crippen LogP contribution in [0.1, 0.15) is 24.8 Å². The molecule has 1 fully saturated rings. The van der Waals surface area contributed by atoms with Gasteiger partial charge in [0.05, 0.1) is 25.7 Å². The van der Waals surface area contributed by atoms with Crippen molar-refractivity contribution in [2.45, 2.75) is 32.0 Å². The summed E-state index contributed by atoms with van der Waals surface area (Å²) in [5.74, 6) is 0.973. The molecule has 0 atom stereocenters. The van der Waals surface area contributed by atoms with E-state index in [0.717, 1.165) is 31.7 Å². The fourth-order valence-corrected chi connectivity index (χ4v) is 2.99. The number of carbonyl (C=O) groups excluding carboxylic acids is 1. The van der Waals surface area contributed by atoms with E-state index in [9.17, 15) is 4.79 Å². The first kappa shape index (κ1) is 17.5. The molecule has 25 heavy (non-hydrogen) atoms. The van der Waals surface area contributed by atoms with Gasteiger partial charge in [-0.1, -0.05) is 48.5 Å². The van der Waals surface area contributed by atoms with Crippen molar-refractivity contribution in [1.82, 2.24) is 4.90 Å². The fraction of sp³-hybridized carbons (Fsp3) is 0.381. The summed E-state index contributed by atoms with van der Waals surface area (Å²) in [6.45, 7) is 2.60. The zero-order valence-corrected chi connectivity index (χ0v) is 14.5. The van der Waals surface area contributed by atoms with E-state index in [1.807, 2.05) is 53.4 Å². The molecule has 132 valence electrons. The van der Waals surface area contributed by atoms with E-state index in [-0.39, 0.29) is 12.0 Å². The van der Waals surface area contributed by atoms with Crippen LogP contribution in [-0.2, 0) is 16.1 Å². The van der Waals surface area contributed by atoms with Gasteiger partial charge in [0.25, 0.3) is 0 Å². The Morgan fingerprint density at radius 3 is 2.28 bits per heavy atom. The van der Waals surface area contributed by atoms with Crippen molar-refractivity contribution in [3.63, 3.8) is 0 Å². The normalized spacial score (nSPS) is 15.1. The average Bonchev–Trinajstić information content (AvgIpc) is 2.68. The van der Waals surface area contributed by atoms with Crippen LogP contribution in [0.15, 0.2) is 60.7 Å². The smallest absolute Gasteiger partial charge is 0.226 e. The number of carbonyl (C=O) groups is 1. The van der Waals surface area contributed by atoms with Crippen LogP contribution < -0.4 is 4.74 Å². The van der Waals surface area contributed by atoms with Gasteiger partial charge in [-0.25, -0.2) is 0 Å². The molecular formula is C21H25NO3. The number of likely N-dealkylation sites (tertiary alicyclic amines) is 1. The summed E-state index contributed by atoms with van der Waals surface area (Å²) in [4.78, 5) is 14.2. The number of rotatable bonds is 7. The van der Waals surface area contributed by atoms with E-state index in [0.29, 0.717) is 19.6 Å². The van der Waals surface area contributed by atoms with Crippen molar-refractivity contribution in [2.75, 3.05) is 19.7 Å². The lowest BCUT2D eigenvalue weighted by molar-refractivity contribution is -0.134. The maximum Gasteiger partial charge on any atom is 0.226 e. The molecule has 0 unspecified atom stereocenters. The zero-order valence-electron chi connectivity index (χ0n) is 14.5. The molecule has 2 aromatic rings. The number of amides is 1. The summed E-state index contributed by atoms with van der Waals surface area (Å²) in [7, 11) is 0. The van der Waals surface area contributed by atoms with E-state index in [1.54, 1.807) is 0 Å². The van der Waals surface area contributed by atoms with Crippen LogP contribution in [-0.4, -0.2) is 36.6 Å². The molecule has 1 amide bonds. The number of para-hydroxylation sites is 1. The SMILES string of the molecule is O=C(CCOc1ccccc1)N1CCC(OCc2ccccc2)CC1. The number of ether oxygens (including phenoxy) is 2. The van der Waals surface area contributed by atoms with E-state index in [1.165, 1.54) is 5.56 Å². The molecule has 0 aliphatic carbocycles. The Balaban J connectivity index is 1.33. The van der Waals surface area contributed by atoms with Crippen LogP contribution in [0.5, 0.6) is 5.75 Å². The third-order valence-electron chi connectivity index (χ3n) is 4.45. The van der Waals surface area contributed by atoms with Crippen LogP contribution in [0.4, 0.5) is 0 Å². The first-order valence-corrected chi connectivity index (χ1v) is 8.92. The van der Waals surface area contributed by atoms with Crippen molar-refractivity contribution in [3.05, 3.63) is 66.2 Å². The monoisotopic (exact) mass is 339 g/mol. The molecule has 4 heteroatoms. The molecule has 0 spiro atoms. The van der Waals surface area contributed by atoms with E-state index in [4.69, 9.17) is 9.47 Å². The number of hydrogen-bond donors (Lipinski definition) is 0. The van der Waals surface area contributed by atoms with Crippen molar-refractivity contribution < 1.29 is 14.3 Å². The fourth-order valence-electron chi connectivity index (χ4n) is 2.99. The number of nitrogens with zero attached hydrogens (tertiary/aromatic N) is 1. The molecule has 0 N–H and O–H groups in total. The Labute approximate surface area is 149 Å². The lowest BCUT2D eigenvalue weighted by Gasteiger charge is -2.32. The van der Waals surface area contributed by atoms with Crippen LogP contribution in [0.25, 0.3) is 0 Å². The second-order valence-corrected chi connectivity index (χ2v) is 6.29. The van der Waals surface area contributed by atoms with E-state index >= 15 is 0 Å². The quantitative estimate of drug-likeness (QED) is 0.773. The van der Waals surface area contributed by atoms with E-state index < -0.39 is 0 Å². The van der Waals surface area contributed by atoms with E-state index in [2.05, 4.69) is 12.1 Å². The van der Waals surface area contributed by atoms with Gasteiger partial charge in [-0.15, -0.1) is 0 Å². The summed E-state index contributed by atoms with van der Waals surface area (Å²) in [6, 6.07) is 19.8. The lowest BCUT2D eigenvalue weighted by Crippen LogP contribution is -2.41. The summed E-state index contributed by atoms with van der Waals surface area (Å²) in [5.41, 5.74) is 1.19. The van der Waals surface area contributed by atoms with Crippen molar-refractivity contribution in [2.24, 2.45) is 0 Å². The van der Waals surface area contributed by atoms with Crippen molar-refractivity contribution >= 4 is 5.91 Å².